The number of urea groups is 1. The first-order valence-electron chi connectivity index (χ1n) is 6.95. The molecule has 1 rings (SSSR count). The van der Waals surface area contributed by atoms with Crippen LogP contribution in [0.2, 0.25) is 0 Å². The molecule has 0 unspecified atom stereocenters. The number of benzene rings is 1. The summed E-state index contributed by atoms with van der Waals surface area (Å²) in [6.07, 6.45) is 1.98. The number of carbonyl (C=O) groups is 2. The number of hydrogen-bond donors (Lipinski definition) is 3. The summed E-state index contributed by atoms with van der Waals surface area (Å²) in [4.78, 5) is 22.9. The molecule has 0 aromatic heterocycles. The van der Waals surface area contributed by atoms with Gasteiger partial charge in [0.15, 0.2) is 0 Å². The molecule has 0 fully saturated rings. The lowest BCUT2D eigenvalue weighted by Gasteiger charge is -2.08. The van der Waals surface area contributed by atoms with Crippen molar-refractivity contribution in [2.24, 2.45) is 0 Å². The molecule has 0 spiro atoms. The van der Waals surface area contributed by atoms with Gasteiger partial charge in [0, 0.05) is 13.1 Å². The molecule has 3 amide bonds. The van der Waals surface area contributed by atoms with Crippen LogP contribution >= 0.6 is 0 Å². The smallest absolute Gasteiger partial charge is 0.315 e. The quantitative estimate of drug-likeness (QED) is 0.664. The Morgan fingerprint density at radius 2 is 1.75 bits per heavy atom. The van der Waals surface area contributed by atoms with Gasteiger partial charge in [0.2, 0.25) is 5.91 Å². The largest absolute Gasteiger partial charge is 0.355 e. The standard InChI is InChI=1S/C15H23N3O2/c1-3-4-9-16-14(19)11-18-15(20)17-10-13-7-5-12(2)6-8-13/h5-8H,3-4,9-11H2,1-2H3,(H,16,19)(H2,17,18,20). The minimum absolute atomic E-state index is 0.00342. The van der Waals surface area contributed by atoms with Crippen molar-refractivity contribution in [2.75, 3.05) is 13.1 Å². The third-order valence-corrected chi connectivity index (χ3v) is 2.84. The van der Waals surface area contributed by atoms with Crippen molar-refractivity contribution in [1.29, 1.82) is 0 Å². The first-order chi connectivity index (χ1) is 9.61. The van der Waals surface area contributed by atoms with Crippen molar-refractivity contribution < 1.29 is 9.59 Å². The SMILES string of the molecule is CCCCNC(=O)CNC(=O)NCc1ccc(C)cc1. The number of amides is 3. The molecule has 0 atom stereocenters. The van der Waals surface area contributed by atoms with Gasteiger partial charge < -0.3 is 16.0 Å². The van der Waals surface area contributed by atoms with Gasteiger partial charge in [-0.15, -0.1) is 0 Å². The second-order valence-electron chi connectivity index (χ2n) is 4.73. The summed E-state index contributed by atoms with van der Waals surface area (Å²) < 4.78 is 0. The Hall–Kier alpha value is -2.04. The highest BCUT2D eigenvalue weighted by Gasteiger charge is 2.04. The fraction of sp³-hybridized carbons (Fsp3) is 0.467. The van der Waals surface area contributed by atoms with Crippen LogP contribution in [-0.2, 0) is 11.3 Å². The van der Waals surface area contributed by atoms with E-state index in [0.29, 0.717) is 13.1 Å². The predicted molar refractivity (Wildman–Crippen MR) is 79.3 cm³/mol. The van der Waals surface area contributed by atoms with E-state index in [-0.39, 0.29) is 18.5 Å². The van der Waals surface area contributed by atoms with Gasteiger partial charge in [-0.05, 0) is 18.9 Å². The number of rotatable bonds is 7. The molecular formula is C15H23N3O2. The Bertz CT molecular complexity index is 429. The van der Waals surface area contributed by atoms with Crippen molar-refractivity contribution in [2.45, 2.75) is 33.2 Å². The van der Waals surface area contributed by atoms with E-state index in [9.17, 15) is 9.59 Å². The first kappa shape index (κ1) is 16.0. The maximum absolute atomic E-state index is 11.5. The minimum atomic E-state index is -0.337. The zero-order valence-electron chi connectivity index (χ0n) is 12.2. The van der Waals surface area contributed by atoms with E-state index in [2.05, 4.69) is 22.9 Å². The van der Waals surface area contributed by atoms with Crippen molar-refractivity contribution in [3.63, 3.8) is 0 Å². The second kappa shape index (κ2) is 8.96. The molecular weight excluding hydrogens is 254 g/mol. The van der Waals surface area contributed by atoms with Crippen molar-refractivity contribution >= 4 is 11.9 Å². The summed E-state index contributed by atoms with van der Waals surface area (Å²) in [5, 5.41) is 7.98. The third-order valence-electron chi connectivity index (χ3n) is 2.84. The molecule has 0 radical (unpaired) electrons. The van der Waals surface area contributed by atoms with Crippen LogP contribution in [-0.4, -0.2) is 25.0 Å². The third kappa shape index (κ3) is 6.78. The monoisotopic (exact) mass is 277 g/mol. The predicted octanol–water partition coefficient (Wildman–Crippen LogP) is 1.71. The Morgan fingerprint density at radius 3 is 2.40 bits per heavy atom. The lowest BCUT2D eigenvalue weighted by molar-refractivity contribution is -0.120. The molecule has 0 aliphatic rings. The van der Waals surface area contributed by atoms with Gasteiger partial charge in [-0.25, -0.2) is 4.79 Å². The molecule has 0 saturated heterocycles. The molecule has 20 heavy (non-hydrogen) atoms. The van der Waals surface area contributed by atoms with Crippen LogP contribution in [0.15, 0.2) is 24.3 Å². The topological polar surface area (TPSA) is 70.2 Å². The van der Waals surface area contributed by atoms with Gasteiger partial charge in [0.05, 0.1) is 6.54 Å². The lowest BCUT2D eigenvalue weighted by Crippen LogP contribution is -2.41. The van der Waals surface area contributed by atoms with Crippen LogP contribution in [0.4, 0.5) is 4.79 Å². The average molecular weight is 277 g/mol. The summed E-state index contributed by atoms with van der Waals surface area (Å²) >= 11 is 0. The van der Waals surface area contributed by atoms with E-state index >= 15 is 0 Å². The maximum atomic E-state index is 11.5. The van der Waals surface area contributed by atoms with Gasteiger partial charge in [-0.3, -0.25) is 4.79 Å². The molecule has 3 N–H and O–H groups in total. The number of unbranched alkanes of at least 4 members (excludes halogenated alkanes) is 1. The lowest BCUT2D eigenvalue weighted by atomic mass is 10.1. The van der Waals surface area contributed by atoms with E-state index in [1.165, 1.54) is 5.56 Å². The van der Waals surface area contributed by atoms with Gasteiger partial charge >= 0.3 is 6.03 Å². The van der Waals surface area contributed by atoms with Gasteiger partial charge in [0.1, 0.15) is 0 Å². The number of nitrogens with one attached hydrogen (secondary N) is 3. The Kier molecular flexibility index (Phi) is 7.17. The highest BCUT2D eigenvalue weighted by molar-refractivity contribution is 5.83. The number of hydrogen-bond acceptors (Lipinski definition) is 2. The minimum Gasteiger partial charge on any atom is -0.355 e. The van der Waals surface area contributed by atoms with Gasteiger partial charge in [0.25, 0.3) is 0 Å². The van der Waals surface area contributed by atoms with Crippen molar-refractivity contribution in [1.82, 2.24) is 16.0 Å². The molecule has 1 aromatic rings. The molecule has 0 bridgehead atoms. The van der Waals surface area contributed by atoms with E-state index in [4.69, 9.17) is 0 Å². The van der Waals surface area contributed by atoms with Crippen LogP contribution in [0.1, 0.15) is 30.9 Å². The highest BCUT2D eigenvalue weighted by atomic mass is 16.2. The van der Waals surface area contributed by atoms with Crippen molar-refractivity contribution in [3.8, 4) is 0 Å². The van der Waals surface area contributed by atoms with Crippen LogP contribution in [0, 0.1) is 6.92 Å². The zero-order valence-corrected chi connectivity index (χ0v) is 12.2. The fourth-order valence-corrected chi connectivity index (χ4v) is 1.58. The summed E-state index contributed by atoms with van der Waals surface area (Å²) in [5.41, 5.74) is 2.21. The summed E-state index contributed by atoms with van der Waals surface area (Å²) in [7, 11) is 0. The summed E-state index contributed by atoms with van der Waals surface area (Å²) in [6.45, 7) is 5.18. The summed E-state index contributed by atoms with van der Waals surface area (Å²) in [5.74, 6) is -0.163. The molecule has 1 aromatic carbocycles. The molecule has 0 heterocycles. The van der Waals surface area contributed by atoms with Crippen LogP contribution in [0.25, 0.3) is 0 Å². The summed E-state index contributed by atoms with van der Waals surface area (Å²) in [6, 6.07) is 7.59. The van der Waals surface area contributed by atoms with Crippen molar-refractivity contribution in [3.05, 3.63) is 35.4 Å². The Morgan fingerprint density at radius 1 is 1.05 bits per heavy atom. The molecule has 5 nitrogen and oxygen atoms in total. The zero-order chi connectivity index (χ0) is 14.8. The first-order valence-corrected chi connectivity index (χ1v) is 6.95. The normalized spacial score (nSPS) is 9.90. The molecule has 0 aliphatic heterocycles. The number of carbonyl (C=O) groups excluding carboxylic acids is 2. The molecule has 110 valence electrons. The van der Waals surface area contributed by atoms with E-state index in [0.717, 1.165) is 18.4 Å². The van der Waals surface area contributed by atoms with Crippen LogP contribution < -0.4 is 16.0 Å². The fourth-order valence-electron chi connectivity index (χ4n) is 1.58. The highest BCUT2D eigenvalue weighted by Crippen LogP contribution is 2.02. The van der Waals surface area contributed by atoms with E-state index < -0.39 is 0 Å². The Labute approximate surface area is 120 Å². The van der Waals surface area contributed by atoms with Crippen LogP contribution in [0.3, 0.4) is 0 Å². The molecule has 5 heteroatoms. The second-order valence-corrected chi connectivity index (χ2v) is 4.73. The number of aryl methyl sites for hydroxylation is 1. The molecule has 0 saturated carbocycles. The molecule has 0 aliphatic carbocycles. The van der Waals surface area contributed by atoms with Gasteiger partial charge in [-0.2, -0.15) is 0 Å². The Balaban J connectivity index is 2.17. The van der Waals surface area contributed by atoms with Crippen LogP contribution in [0.5, 0.6) is 0 Å². The maximum Gasteiger partial charge on any atom is 0.315 e. The van der Waals surface area contributed by atoms with E-state index in [1.54, 1.807) is 0 Å². The van der Waals surface area contributed by atoms with Gasteiger partial charge in [-0.1, -0.05) is 43.2 Å². The average Bonchev–Trinajstić information content (AvgIpc) is 2.45. The van der Waals surface area contributed by atoms with E-state index in [1.807, 2.05) is 31.2 Å².